The summed E-state index contributed by atoms with van der Waals surface area (Å²) in [7, 11) is 0. The second-order valence-electron chi connectivity index (χ2n) is 3.13. The number of hydrogen-bond donors (Lipinski definition) is 0. The Morgan fingerprint density at radius 2 is 2.23 bits per heavy atom. The van der Waals surface area contributed by atoms with Gasteiger partial charge in [0.2, 0.25) is 0 Å². The highest BCUT2D eigenvalue weighted by Gasteiger charge is 2.43. The second kappa shape index (κ2) is 2.67. The first-order valence-electron chi connectivity index (χ1n) is 3.82. The summed E-state index contributed by atoms with van der Waals surface area (Å²) < 4.78 is 30.5. The van der Waals surface area contributed by atoms with Crippen molar-refractivity contribution in [2.24, 2.45) is 0 Å². The van der Waals surface area contributed by atoms with Crippen LogP contribution in [0.25, 0.3) is 0 Å². The van der Waals surface area contributed by atoms with Crippen LogP contribution in [-0.2, 0) is 0 Å². The van der Waals surface area contributed by atoms with Crippen molar-refractivity contribution in [3.63, 3.8) is 0 Å². The van der Waals surface area contributed by atoms with E-state index in [9.17, 15) is 8.78 Å². The van der Waals surface area contributed by atoms with Crippen molar-refractivity contribution >= 4 is 15.9 Å². The molecule has 2 rings (SSSR count). The lowest BCUT2D eigenvalue weighted by molar-refractivity contribution is 0.129. The predicted molar refractivity (Wildman–Crippen MR) is 48.2 cm³/mol. The smallest absolute Gasteiger partial charge is 0.195 e. The van der Waals surface area contributed by atoms with Gasteiger partial charge in [-0.2, -0.15) is 0 Å². The molecule has 1 aliphatic rings. The Hall–Kier alpha value is -0.640. The summed E-state index contributed by atoms with van der Waals surface area (Å²) in [4.78, 5) is 0. The molecule has 70 valence electrons. The van der Waals surface area contributed by atoms with Crippen LogP contribution in [0.15, 0.2) is 18.2 Å². The van der Waals surface area contributed by atoms with Crippen LogP contribution in [0, 0.1) is 5.82 Å². The standard InChI is InChI=1S/C9H7BrF2O/c1-9(10)8(12)6-4-5(11)2-3-7(6)13-9/h2-4,8H,1H3. The molecule has 0 saturated heterocycles. The normalized spacial score (nSPS) is 31.2. The van der Waals surface area contributed by atoms with Gasteiger partial charge in [-0.3, -0.25) is 0 Å². The SMILES string of the molecule is CC1(Br)Oc2ccc(F)cc2C1F. The van der Waals surface area contributed by atoms with Gasteiger partial charge in [0.15, 0.2) is 10.7 Å². The third-order valence-electron chi connectivity index (χ3n) is 2.01. The Morgan fingerprint density at radius 3 is 2.92 bits per heavy atom. The van der Waals surface area contributed by atoms with Crippen LogP contribution < -0.4 is 4.74 Å². The minimum absolute atomic E-state index is 0.263. The van der Waals surface area contributed by atoms with Gasteiger partial charge < -0.3 is 4.74 Å². The Bertz CT molecular complexity index is 351. The van der Waals surface area contributed by atoms with Crippen LogP contribution in [0.2, 0.25) is 0 Å². The highest BCUT2D eigenvalue weighted by atomic mass is 79.9. The van der Waals surface area contributed by atoms with E-state index in [-0.39, 0.29) is 5.56 Å². The molecule has 0 bridgehead atoms. The number of rotatable bonds is 0. The van der Waals surface area contributed by atoms with E-state index in [1.165, 1.54) is 12.1 Å². The van der Waals surface area contributed by atoms with E-state index >= 15 is 0 Å². The minimum Gasteiger partial charge on any atom is -0.473 e. The lowest BCUT2D eigenvalue weighted by atomic mass is 10.1. The molecule has 0 N–H and O–H groups in total. The number of ether oxygens (including phenoxy) is 1. The van der Waals surface area contributed by atoms with Gasteiger partial charge in [-0.1, -0.05) is 0 Å². The maximum Gasteiger partial charge on any atom is 0.195 e. The Kier molecular flexibility index (Phi) is 1.84. The van der Waals surface area contributed by atoms with Gasteiger partial charge in [0.05, 0.1) is 0 Å². The van der Waals surface area contributed by atoms with Gasteiger partial charge in [-0.15, -0.1) is 0 Å². The summed E-state index contributed by atoms with van der Waals surface area (Å²) in [5.74, 6) is -0.0523. The summed E-state index contributed by atoms with van der Waals surface area (Å²) in [6, 6.07) is 3.84. The van der Waals surface area contributed by atoms with Gasteiger partial charge in [0.25, 0.3) is 0 Å². The molecule has 0 aliphatic carbocycles. The lowest BCUT2D eigenvalue weighted by Crippen LogP contribution is -2.23. The average Bonchev–Trinajstić information content (AvgIpc) is 2.26. The van der Waals surface area contributed by atoms with E-state index in [4.69, 9.17) is 4.74 Å². The minimum atomic E-state index is -1.34. The molecule has 4 heteroatoms. The van der Waals surface area contributed by atoms with E-state index in [0.29, 0.717) is 5.75 Å². The molecule has 0 amide bonds. The van der Waals surface area contributed by atoms with Crippen LogP contribution in [0.5, 0.6) is 5.75 Å². The zero-order valence-electron chi connectivity index (χ0n) is 6.85. The Labute approximate surface area is 82.8 Å². The van der Waals surface area contributed by atoms with Gasteiger partial charge in [-0.25, -0.2) is 8.78 Å². The number of hydrogen-bond acceptors (Lipinski definition) is 1. The molecular weight excluding hydrogens is 242 g/mol. The molecule has 1 heterocycles. The topological polar surface area (TPSA) is 9.23 Å². The molecule has 2 atom stereocenters. The third kappa shape index (κ3) is 1.33. The maximum atomic E-state index is 13.5. The van der Waals surface area contributed by atoms with Crippen molar-refractivity contribution < 1.29 is 13.5 Å². The summed E-state index contributed by atoms with van der Waals surface area (Å²) >= 11 is 3.09. The summed E-state index contributed by atoms with van der Waals surface area (Å²) in [6.07, 6.45) is -1.34. The summed E-state index contributed by atoms with van der Waals surface area (Å²) in [5, 5.41) is 0. The van der Waals surface area contributed by atoms with E-state index in [1.807, 2.05) is 0 Å². The van der Waals surface area contributed by atoms with Crippen molar-refractivity contribution in [3.05, 3.63) is 29.6 Å². The lowest BCUT2D eigenvalue weighted by Gasteiger charge is -2.17. The van der Waals surface area contributed by atoms with Gasteiger partial charge in [0.1, 0.15) is 11.6 Å². The first-order valence-corrected chi connectivity index (χ1v) is 4.61. The van der Waals surface area contributed by atoms with E-state index < -0.39 is 16.5 Å². The molecule has 2 unspecified atom stereocenters. The third-order valence-corrected chi connectivity index (χ3v) is 2.57. The molecule has 1 aromatic rings. The fourth-order valence-corrected chi connectivity index (χ4v) is 1.78. The van der Waals surface area contributed by atoms with E-state index in [2.05, 4.69) is 15.9 Å². The largest absolute Gasteiger partial charge is 0.473 e. The van der Waals surface area contributed by atoms with E-state index in [1.54, 1.807) is 6.92 Å². The molecule has 13 heavy (non-hydrogen) atoms. The molecule has 1 aromatic carbocycles. The number of alkyl halides is 2. The molecular formula is C9H7BrF2O. The summed E-state index contributed by atoms with van der Waals surface area (Å²) in [5.41, 5.74) is 0.263. The Morgan fingerprint density at radius 1 is 1.54 bits per heavy atom. The van der Waals surface area contributed by atoms with Crippen LogP contribution in [0.3, 0.4) is 0 Å². The quantitative estimate of drug-likeness (QED) is 0.640. The molecule has 0 aromatic heterocycles. The number of halogens is 3. The first-order chi connectivity index (χ1) is 6.00. The maximum absolute atomic E-state index is 13.5. The molecule has 0 radical (unpaired) electrons. The predicted octanol–water partition coefficient (Wildman–Crippen LogP) is 3.34. The fourth-order valence-electron chi connectivity index (χ4n) is 1.35. The second-order valence-corrected chi connectivity index (χ2v) is 4.71. The molecule has 0 saturated carbocycles. The van der Waals surface area contributed by atoms with Crippen LogP contribution in [-0.4, -0.2) is 4.51 Å². The molecule has 1 aliphatic heterocycles. The highest BCUT2D eigenvalue weighted by Crippen LogP contribution is 2.48. The first kappa shape index (κ1) is 8.94. The number of benzene rings is 1. The monoisotopic (exact) mass is 248 g/mol. The van der Waals surface area contributed by atoms with Gasteiger partial charge >= 0.3 is 0 Å². The fraction of sp³-hybridized carbons (Fsp3) is 0.333. The number of fused-ring (bicyclic) bond motifs is 1. The molecule has 0 fully saturated rings. The van der Waals surface area contributed by atoms with E-state index in [0.717, 1.165) is 6.07 Å². The van der Waals surface area contributed by atoms with Crippen molar-refractivity contribution in [1.82, 2.24) is 0 Å². The molecule has 1 nitrogen and oxygen atoms in total. The van der Waals surface area contributed by atoms with Gasteiger partial charge in [0, 0.05) is 5.56 Å². The van der Waals surface area contributed by atoms with Crippen LogP contribution in [0.4, 0.5) is 8.78 Å². The van der Waals surface area contributed by atoms with Crippen molar-refractivity contribution in [3.8, 4) is 5.75 Å². The highest BCUT2D eigenvalue weighted by molar-refractivity contribution is 9.10. The van der Waals surface area contributed by atoms with Crippen molar-refractivity contribution in [2.45, 2.75) is 17.6 Å². The van der Waals surface area contributed by atoms with Gasteiger partial charge in [-0.05, 0) is 41.1 Å². The zero-order chi connectivity index (χ0) is 9.64. The van der Waals surface area contributed by atoms with Crippen LogP contribution in [0.1, 0.15) is 18.7 Å². The van der Waals surface area contributed by atoms with Crippen molar-refractivity contribution in [1.29, 1.82) is 0 Å². The van der Waals surface area contributed by atoms with Crippen molar-refractivity contribution in [2.75, 3.05) is 0 Å². The average molecular weight is 249 g/mol. The van der Waals surface area contributed by atoms with Crippen LogP contribution >= 0.6 is 15.9 Å². The Balaban J connectivity index is 2.51. The summed E-state index contributed by atoms with van der Waals surface area (Å²) in [6.45, 7) is 1.57. The molecule has 0 spiro atoms. The zero-order valence-corrected chi connectivity index (χ0v) is 8.44.